The Morgan fingerprint density at radius 1 is 0.792 bits per heavy atom. The zero-order valence-electron chi connectivity index (χ0n) is 16.6. The number of unbranched alkanes of at least 4 members (excludes halogenated alkanes) is 4. The van der Waals surface area contributed by atoms with E-state index in [0.29, 0.717) is 0 Å². The molecule has 24 heavy (non-hydrogen) atoms. The van der Waals surface area contributed by atoms with Crippen LogP contribution in [0.5, 0.6) is 0 Å². The quantitative estimate of drug-likeness (QED) is 0.213. The highest BCUT2D eigenvalue weighted by molar-refractivity contribution is 7.85. The van der Waals surface area contributed by atoms with E-state index in [0.717, 1.165) is 6.08 Å². The Morgan fingerprint density at radius 2 is 1.08 bits per heavy atom. The molecule has 0 aliphatic heterocycles. The summed E-state index contributed by atoms with van der Waals surface area (Å²) < 4.78 is 28.8. The van der Waals surface area contributed by atoms with Crippen LogP contribution in [0.3, 0.4) is 0 Å². The SMILES string of the molecule is C=CCS(=O)(=O)[O-].CCCC[P+](CCCC)(CCCC)CCCC. The third-order valence-electron chi connectivity index (χ3n) is 4.27. The summed E-state index contributed by atoms with van der Waals surface area (Å²) in [5.74, 6) is -0.479. The lowest BCUT2D eigenvalue weighted by Gasteiger charge is -2.28. The van der Waals surface area contributed by atoms with Gasteiger partial charge in [-0.15, -0.1) is 6.58 Å². The van der Waals surface area contributed by atoms with Crippen molar-refractivity contribution in [3.63, 3.8) is 0 Å². The molecule has 5 heteroatoms. The van der Waals surface area contributed by atoms with Crippen molar-refractivity contribution in [2.24, 2.45) is 0 Å². The number of hydrogen-bond donors (Lipinski definition) is 0. The zero-order chi connectivity index (χ0) is 18.9. The maximum atomic E-state index is 9.60. The molecule has 0 aromatic carbocycles. The molecule has 0 spiro atoms. The van der Waals surface area contributed by atoms with Gasteiger partial charge in [-0.25, -0.2) is 8.42 Å². The third kappa shape index (κ3) is 16.9. The van der Waals surface area contributed by atoms with Gasteiger partial charge in [0.2, 0.25) is 0 Å². The predicted octanol–water partition coefficient (Wildman–Crippen LogP) is 5.92. The summed E-state index contributed by atoms with van der Waals surface area (Å²) in [6.07, 6.45) is 19.0. The first-order valence-electron chi connectivity index (χ1n) is 9.70. The summed E-state index contributed by atoms with van der Waals surface area (Å²) in [6.45, 7) is 12.5. The normalized spacial score (nSPS) is 11.7. The smallest absolute Gasteiger partial charge is 0.0982 e. The summed E-state index contributed by atoms with van der Waals surface area (Å²) in [7, 11) is -4.60. The van der Waals surface area contributed by atoms with Gasteiger partial charge >= 0.3 is 0 Å². The zero-order valence-corrected chi connectivity index (χ0v) is 18.3. The average molecular weight is 381 g/mol. The fourth-order valence-corrected chi connectivity index (χ4v) is 8.37. The van der Waals surface area contributed by atoms with Crippen LogP contribution < -0.4 is 0 Å². The molecular weight excluding hydrogens is 339 g/mol. The van der Waals surface area contributed by atoms with E-state index in [-0.39, 0.29) is 0 Å². The highest BCUT2D eigenvalue weighted by Crippen LogP contribution is 2.61. The minimum Gasteiger partial charge on any atom is -0.748 e. The van der Waals surface area contributed by atoms with E-state index >= 15 is 0 Å². The molecule has 146 valence electrons. The van der Waals surface area contributed by atoms with Crippen LogP contribution in [-0.2, 0) is 10.1 Å². The van der Waals surface area contributed by atoms with Gasteiger partial charge in [0.05, 0.1) is 40.5 Å². The van der Waals surface area contributed by atoms with Crippen molar-refractivity contribution >= 4 is 17.4 Å². The van der Waals surface area contributed by atoms with Gasteiger partial charge in [0.15, 0.2) is 0 Å². The molecule has 0 atom stereocenters. The van der Waals surface area contributed by atoms with Gasteiger partial charge in [0, 0.05) is 7.26 Å². The minimum absolute atomic E-state index is 0.479. The maximum absolute atomic E-state index is 9.60. The molecule has 0 rings (SSSR count). The van der Waals surface area contributed by atoms with Crippen molar-refractivity contribution in [2.75, 3.05) is 30.4 Å². The standard InChI is InChI=1S/C16H36P.C3H6O3S/c1-5-9-13-17(14-10-6-2,15-11-7-3)16-12-8-4;1-2-3-7(4,5)6/h5-16H2,1-4H3;2H,1,3H2,(H,4,5,6)/q+1;/p-1. The molecule has 0 saturated carbocycles. The van der Waals surface area contributed by atoms with Crippen LogP contribution in [0.25, 0.3) is 0 Å². The number of rotatable bonds is 14. The van der Waals surface area contributed by atoms with Crippen LogP contribution >= 0.6 is 7.26 Å². The van der Waals surface area contributed by atoms with Gasteiger partial charge in [-0.3, -0.25) is 0 Å². The van der Waals surface area contributed by atoms with Crippen molar-refractivity contribution in [1.82, 2.24) is 0 Å². The van der Waals surface area contributed by atoms with Gasteiger partial charge in [0.25, 0.3) is 0 Å². The fourth-order valence-electron chi connectivity index (χ4n) is 2.79. The highest BCUT2D eigenvalue weighted by atomic mass is 32.2. The fraction of sp³-hybridized carbons (Fsp3) is 0.895. The largest absolute Gasteiger partial charge is 0.748 e. The Balaban J connectivity index is 0. The second-order valence-corrected chi connectivity index (χ2v) is 12.6. The van der Waals surface area contributed by atoms with Gasteiger partial charge < -0.3 is 4.55 Å². The molecule has 0 aromatic heterocycles. The summed E-state index contributed by atoms with van der Waals surface area (Å²) in [5.41, 5.74) is 0. The highest BCUT2D eigenvalue weighted by Gasteiger charge is 2.34. The first-order chi connectivity index (χ1) is 11.3. The molecule has 0 aliphatic rings. The lowest BCUT2D eigenvalue weighted by atomic mass is 10.4. The molecule has 0 heterocycles. The van der Waals surface area contributed by atoms with E-state index in [4.69, 9.17) is 0 Å². The van der Waals surface area contributed by atoms with E-state index < -0.39 is 23.1 Å². The molecule has 0 aromatic rings. The molecule has 0 unspecified atom stereocenters. The molecule has 0 saturated heterocycles. The van der Waals surface area contributed by atoms with Crippen molar-refractivity contribution in [3.05, 3.63) is 12.7 Å². The summed E-state index contributed by atoms with van der Waals surface area (Å²) in [5, 5.41) is 0. The summed E-state index contributed by atoms with van der Waals surface area (Å²) in [4.78, 5) is 0. The Kier molecular flexibility index (Phi) is 18.1. The average Bonchev–Trinajstić information content (AvgIpc) is 2.53. The second-order valence-electron chi connectivity index (χ2n) is 6.66. The van der Waals surface area contributed by atoms with Gasteiger partial charge in [-0.05, 0) is 25.7 Å². The minimum atomic E-state index is -4.04. The molecule has 0 N–H and O–H groups in total. The van der Waals surface area contributed by atoms with E-state index in [1.165, 1.54) is 51.4 Å². The van der Waals surface area contributed by atoms with Crippen LogP contribution in [0.15, 0.2) is 12.7 Å². The van der Waals surface area contributed by atoms with E-state index in [9.17, 15) is 13.0 Å². The first kappa shape index (κ1) is 26.3. The molecule has 0 bridgehead atoms. The third-order valence-corrected chi connectivity index (χ3v) is 9.97. The van der Waals surface area contributed by atoms with Crippen molar-refractivity contribution in [2.45, 2.75) is 79.1 Å². The Hall–Kier alpha value is 0.0800. The van der Waals surface area contributed by atoms with Crippen molar-refractivity contribution in [3.8, 4) is 0 Å². The Bertz CT molecular complexity index is 343. The lowest BCUT2D eigenvalue weighted by Crippen LogP contribution is -2.12. The number of hydrogen-bond acceptors (Lipinski definition) is 3. The van der Waals surface area contributed by atoms with Crippen molar-refractivity contribution in [1.29, 1.82) is 0 Å². The van der Waals surface area contributed by atoms with Crippen LogP contribution in [0.4, 0.5) is 0 Å². The topological polar surface area (TPSA) is 57.2 Å². The second kappa shape index (κ2) is 16.5. The van der Waals surface area contributed by atoms with Gasteiger partial charge in [-0.1, -0.05) is 59.5 Å². The van der Waals surface area contributed by atoms with Crippen LogP contribution in [-0.4, -0.2) is 43.4 Å². The van der Waals surface area contributed by atoms with Gasteiger partial charge in [-0.2, -0.15) is 0 Å². The molecule has 0 aliphatic carbocycles. The van der Waals surface area contributed by atoms with E-state index in [1.54, 1.807) is 24.6 Å². The van der Waals surface area contributed by atoms with Crippen molar-refractivity contribution < 1.29 is 13.0 Å². The Morgan fingerprint density at radius 3 is 1.21 bits per heavy atom. The predicted molar refractivity (Wildman–Crippen MR) is 111 cm³/mol. The van der Waals surface area contributed by atoms with Crippen LogP contribution in [0, 0.1) is 0 Å². The van der Waals surface area contributed by atoms with Crippen LogP contribution in [0.1, 0.15) is 79.1 Å². The molecule has 3 nitrogen and oxygen atoms in total. The molecular formula is C19H41O3PS. The van der Waals surface area contributed by atoms with Gasteiger partial charge in [0.1, 0.15) is 0 Å². The monoisotopic (exact) mass is 380 g/mol. The summed E-state index contributed by atoms with van der Waals surface area (Å²) in [6, 6.07) is 0. The molecule has 0 radical (unpaired) electrons. The van der Waals surface area contributed by atoms with E-state index in [2.05, 4.69) is 34.3 Å². The molecule has 0 amide bonds. The lowest BCUT2D eigenvalue weighted by molar-refractivity contribution is 0.466. The van der Waals surface area contributed by atoms with Crippen LogP contribution in [0.2, 0.25) is 0 Å². The Labute approximate surface area is 152 Å². The summed E-state index contributed by atoms with van der Waals surface area (Å²) >= 11 is 0. The molecule has 0 fully saturated rings. The first-order valence-corrected chi connectivity index (χ1v) is 13.8. The maximum Gasteiger partial charge on any atom is 0.0982 e. The van der Waals surface area contributed by atoms with E-state index in [1.807, 2.05) is 0 Å².